The van der Waals surface area contributed by atoms with Gasteiger partial charge >= 0.3 is 0 Å². The van der Waals surface area contributed by atoms with Crippen LogP contribution in [0.15, 0.2) is 36.7 Å². The van der Waals surface area contributed by atoms with Gasteiger partial charge in [-0.05, 0) is 42.7 Å². The summed E-state index contributed by atoms with van der Waals surface area (Å²) in [5.41, 5.74) is 3.11. The molecule has 4 heteroatoms. The van der Waals surface area contributed by atoms with Gasteiger partial charge in [-0.1, -0.05) is 115 Å². The summed E-state index contributed by atoms with van der Waals surface area (Å²) < 4.78 is 0. The molecular weight excluding hydrogens is 468 g/mol. The molecule has 0 saturated heterocycles. The number of aryl methyl sites for hydroxylation is 1. The van der Waals surface area contributed by atoms with Gasteiger partial charge in [0.1, 0.15) is 11.6 Å². The van der Waals surface area contributed by atoms with E-state index in [1.165, 1.54) is 82.6 Å². The lowest BCUT2D eigenvalue weighted by Crippen LogP contribution is -2.32. The minimum absolute atomic E-state index is 0.0788. The average molecular weight is 519 g/mol. The third kappa shape index (κ3) is 10.4. The van der Waals surface area contributed by atoms with E-state index >= 15 is 0 Å². The zero-order chi connectivity index (χ0) is 27.0. The molecule has 2 unspecified atom stereocenters. The van der Waals surface area contributed by atoms with E-state index in [9.17, 15) is 9.59 Å². The van der Waals surface area contributed by atoms with Crippen molar-refractivity contribution in [1.29, 1.82) is 0 Å². The highest BCUT2D eigenvalue weighted by atomic mass is 16.1. The fraction of sp³-hybridized carbons (Fsp3) is 0.647. The molecule has 208 valence electrons. The predicted molar refractivity (Wildman–Crippen MR) is 157 cm³/mol. The number of aromatic nitrogens is 2. The molecule has 0 radical (unpaired) electrons. The Morgan fingerprint density at radius 1 is 0.763 bits per heavy atom. The van der Waals surface area contributed by atoms with Crippen LogP contribution in [0.1, 0.15) is 128 Å². The fourth-order valence-corrected chi connectivity index (χ4v) is 5.73. The quantitative estimate of drug-likeness (QED) is 0.146. The van der Waals surface area contributed by atoms with Crippen molar-refractivity contribution in [3.05, 3.63) is 47.8 Å². The molecule has 1 aliphatic carbocycles. The number of carbonyl (C=O) groups is 2. The summed E-state index contributed by atoms with van der Waals surface area (Å²) in [4.78, 5) is 34.8. The van der Waals surface area contributed by atoms with Gasteiger partial charge in [0, 0.05) is 30.8 Å². The van der Waals surface area contributed by atoms with Crippen LogP contribution in [0.3, 0.4) is 0 Å². The summed E-state index contributed by atoms with van der Waals surface area (Å²) in [5, 5.41) is 0. The number of hydrogen-bond acceptors (Lipinski definition) is 4. The number of carbonyl (C=O) groups excluding carboxylic acids is 2. The Morgan fingerprint density at radius 3 is 2.00 bits per heavy atom. The Balaban J connectivity index is 1.39. The highest BCUT2D eigenvalue weighted by molar-refractivity contribution is 6.03. The Labute approximate surface area is 231 Å². The Morgan fingerprint density at radius 2 is 1.37 bits per heavy atom. The third-order valence-electron chi connectivity index (χ3n) is 8.21. The first kappa shape index (κ1) is 30.2. The number of ketones is 2. The van der Waals surface area contributed by atoms with E-state index in [0.717, 1.165) is 42.6 Å². The zero-order valence-electron chi connectivity index (χ0n) is 24.1. The Kier molecular flexibility index (Phi) is 13.7. The van der Waals surface area contributed by atoms with Gasteiger partial charge < -0.3 is 0 Å². The number of benzene rings is 1. The van der Waals surface area contributed by atoms with E-state index in [1.54, 1.807) is 0 Å². The molecule has 0 spiro atoms. The van der Waals surface area contributed by atoms with Gasteiger partial charge in [-0.3, -0.25) is 9.59 Å². The maximum atomic E-state index is 12.9. The predicted octanol–water partition coefficient (Wildman–Crippen LogP) is 8.89. The van der Waals surface area contributed by atoms with E-state index < -0.39 is 5.92 Å². The maximum Gasteiger partial charge on any atom is 0.159 e. The second kappa shape index (κ2) is 17.3. The zero-order valence-corrected chi connectivity index (χ0v) is 24.1. The maximum absolute atomic E-state index is 12.9. The van der Waals surface area contributed by atoms with Crippen LogP contribution in [-0.2, 0) is 22.4 Å². The van der Waals surface area contributed by atoms with Crippen molar-refractivity contribution in [2.45, 2.75) is 129 Å². The number of nitrogens with zero attached hydrogens (tertiary/aromatic N) is 2. The normalized spacial score (nSPS) is 17.6. The molecule has 0 N–H and O–H groups in total. The summed E-state index contributed by atoms with van der Waals surface area (Å²) in [6.45, 7) is 4.49. The van der Waals surface area contributed by atoms with Crippen molar-refractivity contribution in [3.63, 3.8) is 0 Å². The van der Waals surface area contributed by atoms with Crippen LogP contribution < -0.4 is 0 Å². The minimum Gasteiger partial charge on any atom is -0.299 e. The summed E-state index contributed by atoms with van der Waals surface area (Å²) in [6.07, 6.45) is 24.2. The molecule has 0 bridgehead atoms. The number of hydrogen-bond donors (Lipinski definition) is 0. The monoisotopic (exact) mass is 518 g/mol. The second-order valence-corrected chi connectivity index (χ2v) is 11.5. The van der Waals surface area contributed by atoms with Crippen molar-refractivity contribution < 1.29 is 9.59 Å². The van der Waals surface area contributed by atoms with Gasteiger partial charge in [-0.15, -0.1) is 0 Å². The van der Waals surface area contributed by atoms with Gasteiger partial charge in [-0.25, -0.2) is 9.97 Å². The molecule has 2 atom stereocenters. The van der Waals surface area contributed by atoms with E-state index in [2.05, 4.69) is 23.8 Å². The largest absolute Gasteiger partial charge is 0.299 e. The molecular formula is C34H50N2O2. The summed E-state index contributed by atoms with van der Waals surface area (Å²) >= 11 is 0. The van der Waals surface area contributed by atoms with Crippen LogP contribution in [0.4, 0.5) is 0 Å². The number of unbranched alkanes of at least 4 members (excludes halogenated alkanes) is 10. The van der Waals surface area contributed by atoms with E-state index in [4.69, 9.17) is 0 Å². The topological polar surface area (TPSA) is 59.9 Å². The van der Waals surface area contributed by atoms with Gasteiger partial charge in [0.05, 0.1) is 5.92 Å². The lowest BCUT2D eigenvalue weighted by molar-refractivity contribution is -0.135. The van der Waals surface area contributed by atoms with E-state index in [0.29, 0.717) is 18.8 Å². The van der Waals surface area contributed by atoms with Crippen molar-refractivity contribution in [2.75, 3.05) is 0 Å². The van der Waals surface area contributed by atoms with Gasteiger partial charge in [0.25, 0.3) is 0 Å². The van der Waals surface area contributed by atoms with Crippen LogP contribution >= 0.6 is 0 Å². The molecule has 1 aliphatic rings. The SMILES string of the molecule is CCCCCCCCCc1cnc(-c2ccc(CC(=O)C3CCC(CCCCCCC)CC3=O)cc2)nc1. The number of Topliss-reactive ketones (excluding diaryl/α,β-unsaturated/α-hetero) is 2. The van der Waals surface area contributed by atoms with Gasteiger partial charge in [0.2, 0.25) is 0 Å². The molecule has 1 saturated carbocycles. The molecule has 1 heterocycles. The molecule has 38 heavy (non-hydrogen) atoms. The standard InChI is InChI=1S/C34H50N2O2/c1-3-5-7-9-10-12-14-16-29-25-35-34(36-26-29)30-20-17-28(18-21-30)24-33(38)31-22-19-27(23-32(31)37)15-13-11-8-6-4-2/h17-18,20-21,25-27,31H,3-16,19,22-24H2,1-2H3. The molecule has 4 nitrogen and oxygen atoms in total. The minimum atomic E-state index is -0.404. The molecule has 0 amide bonds. The Hall–Kier alpha value is -2.36. The highest BCUT2D eigenvalue weighted by Gasteiger charge is 2.32. The van der Waals surface area contributed by atoms with Crippen molar-refractivity contribution in [2.24, 2.45) is 11.8 Å². The average Bonchev–Trinajstić information content (AvgIpc) is 2.93. The highest BCUT2D eigenvalue weighted by Crippen LogP contribution is 2.31. The van der Waals surface area contributed by atoms with Crippen LogP contribution in [0.25, 0.3) is 11.4 Å². The van der Waals surface area contributed by atoms with Crippen LogP contribution in [0.2, 0.25) is 0 Å². The first-order chi connectivity index (χ1) is 18.6. The van der Waals surface area contributed by atoms with E-state index in [1.807, 2.05) is 36.7 Å². The Bertz CT molecular complexity index is 951. The molecule has 2 aromatic rings. The van der Waals surface area contributed by atoms with Crippen LogP contribution in [-0.4, -0.2) is 21.5 Å². The molecule has 3 rings (SSSR count). The molecule has 1 aromatic heterocycles. The second-order valence-electron chi connectivity index (χ2n) is 11.5. The number of rotatable bonds is 18. The van der Waals surface area contributed by atoms with Gasteiger partial charge in [0.15, 0.2) is 5.82 Å². The first-order valence-corrected chi connectivity index (χ1v) is 15.6. The molecule has 0 aliphatic heterocycles. The summed E-state index contributed by atoms with van der Waals surface area (Å²) in [7, 11) is 0. The van der Waals surface area contributed by atoms with Crippen molar-refractivity contribution >= 4 is 11.6 Å². The van der Waals surface area contributed by atoms with E-state index in [-0.39, 0.29) is 11.6 Å². The lowest BCUT2D eigenvalue weighted by Gasteiger charge is -2.26. The first-order valence-electron chi connectivity index (χ1n) is 15.6. The van der Waals surface area contributed by atoms with Gasteiger partial charge in [-0.2, -0.15) is 0 Å². The lowest BCUT2D eigenvalue weighted by atomic mass is 9.76. The van der Waals surface area contributed by atoms with Crippen molar-refractivity contribution in [3.8, 4) is 11.4 Å². The summed E-state index contributed by atoms with van der Waals surface area (Å²) in [6, 6.07) is 7.95. The third-order valence-corrected chi connectivity index (χ3v) is 8.21. The summed E-state index contributed by atoms with van der Waals surface area (Å²) in [5.74, 6) is 1.04. The van der Waals surface area contributed by atoms with Crippen molar-refractivity contribution in [1.82, 2.24) is 9.97 Å². The van der Waals surface area contributed by atoms with Crippen LogP contribution in [0, 0.1) is 11.8 Å². The molecule has 1 fully saturated rings. The molecule has 1 aromatic carbocycles. The smallest absolute Gasteiger partial charge is 0.159 e. The fourth-order valence-electron chi connectivity index (χ4n) is 5.73. The van der Waals surface area contributed by atoms with Crippen LogP contribution in [0.5, 0.6) is 0 Å².